The fourth-order valence-electron chi connectivity index (χ4n) is 3.35. The van der Waals surface area contributed by atoms with Gasteiger partial charge in [0.2, 0.25) is 15.9 Å². The molecule has 1 fully saturated rings. The van der Waals surface area contributed by atoms with Crippen LogP contribution < -0.4 is 5.32 Å². The number of ether oxygens (including phenoxy) is 1. The van der Waals surface area contributed by atoms with Crippen LogP contribution in [0, 0.1) is 0 Å². The molecule has 0 bridgehead atoms. The van der Waals surface area contributed by atoms with Crippen LogP contribution in [0.2, 0.25) is 5.02 Å². The molecule has 2 aromatic rings. The van der Waals surface area contributed by atoms with Crippen LogP contribution in [0.25, 0.3) is 0 Å². The van der Waals surface area contributed by atoms with Gasteiger partial charge in [-0.15, -0.1) is 0 Å². The molecule has 1 amide bonds. The van der Waals surface area contributed by atoms with Gasteiger partial charge in [-0.05, 0) is 24.1 Å². The minimum atomic E-state index is -3.63. The van der Waals surface area contributed by atoms with Crippen LogP contribution in [0.5, 0.6) is 0 Å². The predicted octanol–water partition coefficient (Wildman–Crippen LogP) is 2.37. The second-order valence-corrected chi connectivity index (χ2v) is 9.67. The summed E-state index contributed by atoms with van der Waals surface area (Å²) in [6.07, 6.45) is 0.739. The Morgan fingerprint density at radius 3 is 2.39 bits per heavy atom. The van der Waals surface area contributed by atoms with Crippen LogP contribution in [0.3, 0.4) is 0 Å². The number of sulfonamides is 1. The Kier molecular flexibility index (Phi) is 8.86. The van der Waals surface area contributed by atoms with E-state index < -0.39 is 10.0 Å². The zero-order chi connectivity index (χ0) is 22.1. The highest BCUT2D eigenvalue weighted by molar-refractivity contribution is 7.89. The molecular formula is C22H28ClN3O4S. The Balaban J connectivity index is 1.32. The Morgan fingerprint density at radius 1 is 1.00 bits per heavy atom. The van der Waals surface area contributed by atoms with E-state index in [4.69, 9.17) is 16.3 Å². The van der Waals surface area contributed by atoms with Gasteiger partial charge in [-0.2, -0.15) is 4.31 Å². The molecule has 3 rings (SSSR count). The standard InChI is InChI=1S/C22H28ClN3O4S/c23-20-9-4-5-10-21(20)31(28,29)26-14-12-25(13-15-26)17-22(27)24-11-6-16-30-18-19-7-2-1-3-8-19/h1-5,7-10H,6,11-18H2,(H,24,27). The molecule has 1 saturated heterocycles. The van der Waals surface area contributed by atoms with E-state index in [0.717, 1.165) is 12.0 Å². The van der Waals surface area contributed by atoms with Crippen molar-refractivity contribution in [3.63, 3.8) is 0 Å². The van der Waals surface area contributed by atoms with E-state index >= 15 is 0 Å². The Hall–Kier alpha value is -1.97. The zero-order valence-electron chi connectivity index (χ0n) is 17.4. The number of piperazine rings is 1. The average Bonchev–Trinajstić information content (AvgIpc) is 2.77. The first-order valence-electron chi connectivity index (χ1n) is 10.3. The maximum atomic E-state index is 12.8. The Bertz CT molecular complexity index is 948. The van der Waals surface area contributed by atoms with Gasteiger partial charge in [0.15, 0.2) is 0 Å². The van der Waals surface area contributed by atoms with Crippen molar-refractivity contribution in [3.05, 3.63) is 65.2 Å². The van der Waals surface area contributed by atoms with E-state index in [9.17, 15) is 13.2 Å². The lowest BCUT2D eigenvalue weighted by Gasteiger charge is -2.33. The quantitative estimate of drug-likeness (QED) is 0.545. The smallest absolute Gasteiger partial charge is 0.244 e. The summed E-state index contributed by atoms with van der Waals surface area (Å²) in [6, 6.07) is 16.4. The molecule has 9 heteroatoms. The highest BCUT2D eigenvalue weighted by Crippen LogP contribution is 2.24. The fraction of sp³-hybridized carbons (Fsp3) is 0.409. The maximum absolute atomic E-state index is 12.8. The van der Waals surface area contributed by atoms with Crippen molar-refractivity contribution < 1.29 is 17.9 Å². The largest absolute Gasteiger partial charge is 0.377 e. The van der Waals surface area contributed by atoms with Crippen LogP contribution >= 0.6 is 11.6 Å². The van der Waals surface area contributed by atoms with Gasteiger partial charge in [0, 0.05) is 39.3 Å². The molecule has 1 aliphatic rings. The van der Waals surface area contributed by atoms with E-state index in [1.54, 1.807) is 18.2 Å². The summed E-state index contributed by atoms with van der Waals surface area (Å²) >= 11 is 6.06. The minimum Gasteiger partial charge on any atom is -0.377 e. The monoisotopic (exact) mass is 465 g/mol. The molecule has 7 nitrogen and oxygen atoms in total. The third-order valence-electron chi connectivity index (χ3n) is 5.05. The van der Waals surface area contributed by atoms with Gasteiger partial charge in [-0.1, -0.05) is 54.1 Å². The topological polar surface area (TPSA) is 79.0 Å². The van der Waals surface area contributed by atoms with E-state index in [2.05, 4.69) is 5.32 Å². The van der Waals surface area contributed by atoms with E-state index in [0.29, 0.717) is 45.9 Å². The number of rotatable bonds is 10. The van der Waals surface area contributed by atoms with Gasteiger partial charge in [0.1, 0.15) is 4.90 Å². The average molecular weight is 466 g/mol. The molecule has 2 aromatic carbocycles. The maximum Gasteiger partial charge on any atom is 0.244 e. The molecule has 0 atom stereocenters. The van der Waals surface area contributed by atoms with Gasteiger partial charge < -0.3 is 10.1 Å². The normalized spacial score (nSPS) is 15.6. The molecule has 0 saturated carbocycles. The van der Waals surface area contributed by atoms with Crippen LogP contribution in [-0.4, -0.2) is 69.4 Å². The van der Waals surface area contributed by atoms with Crippen molar-refractivity contribution in [2.75, 3.05) is 45.9 Å². The van der Waals surface area contributed by atoms with Gasteiger partial charge in [0.25, 0.3) is 0 Å². The first kappa shape index (κ1) is 23.7. The first-order chi connectivity index (χ1) is 15.0. The van der Waals surface area contributed by atoms with Crippen LogP contribution in [0.1, 0.15) is 12.0 Å². The predicted molar refractivity (Wildman–Crippen MR) is 120 cm³/mol. The number of amides is 1. The summed E-state index contributed by atoms with van der Waals surface area (Å²) in [6.45, 7) is 3.60. The van der Waals surface area contributed by atoms with Gasteiger partial charge in [-0.3, -0.25) is 9.69 Å². The summed E-state index contributed by atoms with van der Waals surface area (Å²) in [5, 5.41) is 3.11. The zero-order valence-corrected chi connectivity index (χ0v) is 18.9. The van der Waals surface area contributed by atoms with Crippen molar-refractivity contribution in [1.29, 1.82) is 0 Å². The van der Waals surface area contributed by atoms with E-state index in [-0.39, 0.29) is 22.4 Å². The number of nitrogens with zero attached hydrogens (tertiary/aromatic N) is 2. The number of hydrogen-bond acceptors (Lipinski definition) is 5. The lowest BCUT2D eigenvalue weighted by Crippen LogP contribution is -2.51. The third kappa shape index (κ3) is 7.02. The molecule has 0 unspecified atom stereocenters. The summed E-state index contributed by atoms with van der Waals surface area (Å²) in [5.41, 5.74) is 1.13. The van der Waals surface area contributed by atoms with E-state index in [1.165, 1.54) is 10.4 Å². The van der Waals surface area contributed by atoms with Crippen molar-refractivity contribution in [3.8, 4) is 0 Å². The van der Waals surface area contributed by atoms with Crippen molar-refractivity contribution in [2.24, 2.45) is 0 Å². The number of carbonyl (C=O) groups is 1. The van der Waals surface area contributed by atoms with Crippen molar-refractivity contribution in [1.82, 2.24) is 14.5 Å². The van der Waals surface area contributed by atoms with Gasteiger partial charge in [-0.25, -0.2) is 8.42 Å². The molecular weight excluding hydrogens is 438 g/mol. The SMILES string of the molecule is O=C(CN1CCN(S(=O)(=O)c2ccccc2Cl)CC1)NCCCOCc1ccccc1. The molecule has 0 aromatic heterocycles. The van der Waals surface area contributed by atoms with Gasteiger partial charge >= 0.3 is 0 Å². The van der Waals surface area contributed by atoms with Crippen molar-refractivity contribution in [2.45, 2.75) is 17.9 Å². The van der Waals surface area contributed by atoms with Crippen LogP contribution in [0.15, 0.2) is 59.5 Å². The fourth-order valence-corrected chi connectivity index (χ4v) is 5.26. The lowest BCUT2D eigenvalue weighted by molar-refractivity contribution is -0.122. The molecule has 1 heterocycles. The molecule has 168 valence electrons. The number of halogens is 1. The minimum absolute atomic E-state index is 0.0644. The second-order valence-electron chi connectivity index (χ2n) is 7.35. The highest BCUT2D eigenvalue weighted by Gasteiger charge is 2.30. The van der Waals surface area contributed by atoms with Crippen LogP contribution in [0.4, 0.5) is 0 Å². The number of nitrogens with one attached hydrogen (secondary N) is 1. The van der Waals surface area contributed by atoms with Crippen molar-refractivity contribution >= 4 is 27.5 Å². The van der Waals surface area contributed by atoms with Gasteiger partial charge in [0.05, 0.1) is 18.2 Å². The number of carbonyl (C=O) groups excluding carboxylic acids is 1. The summed E-state index contributed by atoms with van der Waals surface area (Å²) in [7, 11) is -3.63. The number of benzene rings is 2. The summed E-state index contributed by atoms with van der Waals surface area (Å²) in [5.74, 6) is -0.0644. The molecule has 0 radical (unpaired) electrons. The summed E-state index contributed by atoms with van der Waals surface area (Å²) in [4.78, 5) is 14.2. The summed E-state index contributed by atoms with van der Waals surface area (Å²) < 4.78 is 32.6. The lowest BCUT2D eigenvalue weighted by atomic mass is 10.2. The first-order valence-corrected chi connectivity index (χ1v) is 12.1. The Morgan fingerprint density at radius 2 is 1.68 bits per heavy atom. The molecule has 0 aliphatic carbocycles. The molecule has 1 N–H and O–H groups in total. The highest BCUT2D eigenvalue weighted by atomic mass is 35.5. The molecule has 1 aliphatic heterocycles. The van der Waals surface area contributed by atoms with Crippen LogP contribution in [-0.2, 0) is 26.2 Å². The van der Waals surface area contributed by atoms with E-state index in [1.807, 2.05) is 35.2 Å². The number of hydrogen-bond donors (Lipinski definition) is 1. The third-order valence-corrected chi connectivity index (χ3v) is 7.45. The second kappa shape index (κ2) is 11.6. The molecule has 0 spiro atoms. The molecule has 31 heavy (non-hydrogen) atoms. The Labute approximate surface area is 189 Å².